The van der Waals surface area contributed by atoms with Crippen LogP contribution in [0.2, 0.25) is 0 Å². The van der Waals surface area contributed by atoms with Crippen molar-refractivity contribution in [2.45, 2.75) is 32.2 Å². The average Bonchev–Trinajstić information content (AvgIpc) is 2.88. The van der Waals surface area contributed by atoms with Gasteiger partial charge in [0.1, 0.15) is 0 Å². The number of halogens is 1. The number of ether oxygens (including phenoxy) is 2. The first-order valence-electron chi connectivity index (χ1n) is 9.79. The smallest absolute Gasteiger partial charge is 0.220 e. The Bertz CT molecular complexity index is 742. The molecule has 1 aromatic rings. The number of amides is 1. The molecule has 0 bridgehead atoms. The van der Waals surface area contributed by atoms with Crippen LogP contribution < -0.4 is 20.1 Å². The van der Waals surface area contributed by atoms with Gasteiger partial charge in [0.2, 0.25) is 5.91 Å². The summed E-state index contributed by atoms with van der Waals surface area (Å²) >= 11 is 0. The third-order valence-corrected chi connectivity index (χ3v) is 5.66. The lowest BCUT2D eigenvalue weighted by Gasteiger charge is -2.40. The van der Waals surface area contributed by atoms with Gasteiger partial charge in [-0.05, 0) is 18.9 Å². The maximum atomic E-state index is 11.7. The second-order valence-electron chi connectivity index (χ2n) is 7.67. The lowest BCUT2D eigenvalue weighted by atomic mass is 9.79. The second-order valence-corrected chi connectivity index (χ2v) is 7.67. The predicted molar refractivity (Wildman–Crippen MR) is 119 cm³/mol. The van der Waals surface area contributed by atoms with Crippen LogP contribution >= 0.6 is 24.0 Å². The Hall–Kier alpha value is -1.71. The number of fused-ring (bicyclic) bond motifs is 1. The van der Waals surface area contributed by atoms with Crippen LogP contribution in [0, 0.1) is 5.41 Å². The minimum absolute atomic E-state index is 0. The van der Waals surface area contributed by atoms with E-state index in [0.717, 1.165) is 61.9 Å². The molecule has 7 nitrogen and oxygen atoms in total. The summed E-state index contributed by atoms with van der Waals surface area (Å²) in [6.45, 7) is 4.58. The minimum Gasteiger partial charge on any atom is -0.490 e. The van der Waals surface area contributed by atoms with Crippen molar-refractivity contribution in [3.63, 3.8) is 0 Å². The molecule has 1 amide bonds. The summed E-state index contributed by atoms with van der Waals surface area (Å²) in [6, 6.07) is 6.02. The number of aliphatic imine (C=N–C) groups is 1. The fraction of sp³-hybridized carbons (Fsp3) is 0.600. The van der Waals surface area contributed by atoms with Crippen molar-refractivity contribution in [1.29, 1.82) is 0 Å². The zero-order chi connectivity index (χ0) is 18.7. The molecule has 1 unspecified atom stereocenters. The van der Waals surface area contributed by atoms with Gasteiger partial charge >= 0.3 is 0 Å². The van der Waals surface area contributed by atoms with Crippen molar-refractivity contribution >= 4 is 35.8 Å². The average molecular weight is 500 g/mol. The van der Waals surface area contributed by atoms with Crippen LogP contribution in [0.4, 0.5) is 0 Å². The highest BCUT2D eigenvalue weighted by Gasteiger charge is 2.42. The molecule has 1 atom stereocenters. The molecule has 3 heterocycles. The zero-order valence-corrected chi connectivity index (χ0v) is 18.7. The molecule has 2 saturated heterocycles. The molecule has 1 aromatic carbocycles. The van der Waals surface area contributed by atoms with Gasteiger partial charge in [-0.25, -0.2) is 0 Å². The number of para-hydroxylation sites is 1. The summed E-state index contributed by atoms with van der Waals surface area (Å²) in [5.41, 5.74) is 1.12. The van der Waals surface area contributed by atoms with E-state index in [0.29, 0.717) is 26.2 Å². The third-order valence-electron chi connectivity index (χ3n) is 5.66. The van der Waals surface area contributed by atoms with Crippen molar-refractivity contribution in [3.8, 4) is 11.5 Å². The number of likely N-dealkylation sites (tertiary alicyclic amines) is 1. The topological polar surface area (TPSA) is 75.2 Å². The minimum atomic E-state index is 0. The lowest BCUT2D eigenvalue weighted by molar-refractivity contribution is -0.119. The first kappa shape index (κ1) is 21.0. The number of carbonyl (C=O) groups is 1. The van der Waals surface area contributed by atoms with E-state index < -0.39 is 0 Å². The van der Waals surface area contributed by atoms with Crippen LogP contribution in [0.1, 0.15) is 31.2 Å². The van der Waals surface area contributed by atoms with E-state index in [2.05, 4.69) is 26.6 Å². The molecular formula is C20H29IN4O3. The number of benzene rings is 1. The van der Waals surface area contributed by atoms with Crippen LogP contribution in [0.3, 0.4) is 0 Å². The summed E-state index contributed by atoms with van der Waals surface area (Å²) in [4.78, 5) is 18.5. The van der Waals surface area contributed by atoms with Gasteiger partial charge in [-0.2, -0.15) is 0 Å². The SMILES string of the molecule is CN=C(NCc1cccc2c1OCCCO2)N1CCCC2(CNC(=O)C2)C1.I. The molecule has 3 aliphatic rings. The normalized spacial score (nSPS) is 24.4. The van der Waals surface area contributed by atoms with Gasteiger partial charge in [-0.15, -0.1) is 24.0 Å². The van der Waals surface area contributed by atoms with Gasteiger partial charge in [0.25, 0.3) is 0 Å². The fourth-order valence-corrected chi connectivity index (χ4v) is 4.33. The molecule has 2 N–H and O–H groups in total. The molecule has 3 aliphatic heterocycles. The molecule has 0 aromatic heterocycles. The van der Waals surface area contributed by atoms with E-state index in [1.54, 1.807) is 0 Å². The highest BCUT2D eigenvalue weighted by atomic mass is 127. The lowest BCUT2D eigenvalue weighted by Crippen LogP contribution is -2.51. The van der Waals surface area contributed by atoms with E-state index in [1.807, 2.05) is 19.2 Å². The Labute approximate surface area is 183 Å². The highest BCUT2D eigenvalue weighted by molar-refractivity contribution is 14.0. The molecule has 4 rings (SSSR count). The number of piperidine rings is 1. The van der Waals surface area contributed by atoms with Gasteiger partial charge in [-0.1, -0.05) is 12.1 Å². The maximum absolute atomic E-state index is 11.7. The van der Waals surface area contributed by atoms with Crippen molar-refractivity contribution in [2.24, 2.45) is 10.4 Å². The molecule has 1 spiro atoms. The molecular weight excluding hydrogens is 471 g/mol. The van der Waals surface area contributed by atoms with E-state index in [-0.39, 0.29) is 35.3 Å². The van der Waals surface area contributed by atoms with Crippen molar-refractivity contribution in [2.75, 3.05) is 39.9 Å². The quantitative estimate of drug-likeness (QED) is 0.370. The molecule has 0 radical (unpaired) electrons. The Balaban J connectivity index is 0.00000225. The summed E-state index contributed by atoms with van der Waals surface area (Å²) in [6.07, 6.45) is 3.69. The van der Waals surface area contributed by atoms with E-state index in [4.69, 9.17) is 9.47 Å². The summed E-state index contributed by atoms with van der Waals surface area (Å²) in [7, 11) is 1.81. The van der Waals surface area contributed by atoms with E-state index in [1.165, 1.54) is 0 Å². The molecule has 0 aliphatic carbocycles. The number of carbonyl (C=O) groups excluding carboxylic acids is 1. The Morgan fingerprint density at radius 3 is 2.96 bits per heavy atom. The van der Waals surface area contributed by atoms with Crippen LogP contribution in [-0.4, -0.2) is 56.7 Å². The van der Waals surface area contributed by atoms with Gasteiger partial charge in [0, 0.05) is 57.0 Å². The molecule has 28 heavy (non-hydrogen) atoms. The van der Waals surface area contributed by atoms with Crippen LogP contribution in [0.15, 0.2) is 23.2 Å². The van der Waals surface area contributed by atoms with Crippen LogP contribution in [0.5, 0.6) is 11.5 Å². The standard InChI is InChI=1S/C20H28N4O3.HI/c1-21-19(24-8-3-7-20(14-24)11-17(25)23-13-20)22-12-15-5-2-6-16-18(15)27-10-4-9-26-16;/h2,5-6H,3-4,7-14H2,1H3,(H,21,22)(H,23,25);1H. The fourth-order valence-electron chi connectivity index (χ4n) is 4.33. The second kappa shape index (κ2) is 9.19. The highest BCUT2D eigenvalue weighted by Crippen LogP contribution is 2.36. The van der Waals surface area contributed by atoms with Crippen molar-refractivity contribution in [1.82, 2.24) is 15.5 Å². The van der Waals surface area contributed by atoms with Crippen LogP contribution in [0.25, 0.3) is 0 Å². The largest absolute Gasteiger partial charge is 0.490 e. The first-order valence-corrected chi connectivity index (χ1v) is 9.79. The van der Waals surface area contributed by atoms with Crippen molar-refractivity contribution < 1.29 is 14.3 Å². The maximum Gasteiger partial charge on any atom is 0.220 e. The summed E-state index contributed by atoms with van der Waals surface area (Å²) < 4.78 is 11.7. The number of guanidine groups is 1. The predicted octanol–water partition coefficient (Wildman–Crippen LogP) is 2.14. The number of hydrogen-bond donors (Lipinski definition) is 2. The monoisotopic (exact) mass is 500 g/mol. The van der Waals surface area contributed by atoms with Gasteiger partial charge in [0.15, 0.2) is 17.5 Å². The molecule has 8 heteroatoms. The third kappa shape index (κ3) is 4.47. The molecule has 2 fully saturated rings. The van der Waals surface area contributed by atoms with Gasteiger partial charge in [0.05, 0.1) is 13.2 Å². The number of hydrogen-bond acceptors (Lipinski definition) is 4. The molecule has 154 valence electrons. The van der Waals surface area contributed by atoms with E-state index in [9.17, 15) is 4.79 Å². The Morgan fingerprint density at radius 2 is 2.18 bits per heavy atom. The summed E-state index contributed by atoms with van der Waals surface area (Å²) in [5, 5.41) is 6.48. The van der Waals surface area contributed by atoms with Crippen LogP contribution in [-0.2, 0) is 11.3 Å². The van der Waals surface area contributed by atoms with Gasteiger partial charge < -0.3 is 25.0 Å². The molecule has 0 saturated carbocycles. The summed E-state index contributed by atoms with van der Waals surface area (Å²) in [5.74, 6) is 2.69. The Morgan fingerprint density at radius 1 is 1.32 bits per heavy atom. The number of rotatable bonds is 2. The first-order chi connectivity index (χ1) is 13.2. The van der Waals surface area contributed by atoms with Gasteiger partial charge in [-0.3, -0.25) is 9.79 Å². The number of nitrogens with zero attached hydrogens (tertiary/aromatic N) is 2. The number of nitrogens with one attached hydrogen (secondary N) is 2. The Kier molecular flexibility index (Phi) is 6.90. The van der Waals surface area contributed by atoms with Crippen molar-refractivity contribution in [3.05, 3.63) is 23.8 Å². The van der Waals surface area contributed by atoms with E-state index >= 15 is 0 Å². The zero-order valence-electron chi connectivity index (χ0n) is 16.3.